The Bertz CT molecular complexity index is 272. The van der Waals surface area contributed by atoms with E-state index in [4.69, 9.17) is 18.9 Å². The molecular weight excluding hydrogens is 216 g/mol. The second-order valence-corrected chi connectivity index (χ2v) is 3.66. The third kappa shape index (κ3) is 1.90. The molecule has 0 N–H and O–H groups in total. The Morgan fingerprint density at radius 1 is 0.875 bits per heavy atom. The predicted molar refractivity (Wildman–Crippen MR) is 50.1 cm³/mol. The first-order chi connectivity index (χ1) is 7.65. The minimum absolute atomic E-state index is 0.543. The monoisotopic (exact) mass is 230 g/mol. The van der Waals surface area contributed by atoms with Crippen molar-refractivity contribution in [3.63, 3.8) is 0 Å². The van der Waals surface area contributed by atoms with Crippen LogP contribution in [0.15, 0.2) is 0 Å². The summed E-state index contributed by atoms with van der Waals surface area (Å²) in [5, 5.41) is 0. The number of hydrogen-bond acceptors (Lipinski definition) is 6. The summed E-state index contributed by atoms with van der Waals surface area (Å²) in [5.74, 6) is -1.13. The highest BCUT2D eigenvalue weighted by molar-refractivity contribution is 5.87. The minimum atomic E-state index is -0.992. The van der Waals surface area contributed by atoms with E-state index in [1.54, 1.807) is 0 Å². The van der Waals surface area contributed by atoms with Crippen LogP contribution in [0.25, 0.3) is 0 Å². The van der Waals surface area contributed by atoms with Crippen LogP contribution in [0.4, 0.5) is 0 Å². The molecule has 2 heterocycles. The lowest BCUT2D eigenvalue weighted by atomic mass is 10.2. The lowest BCUT2D eigenvalue weighted by molar-refractivity contribution is -0.148. The van der Waals surface area contributed by atoms with Crippen molar-refractivity contribution in [3.05, 3.63) is 0 Å². The molecule has 0 saturated carbocycles. The lowest BCUT2D eigenvalue weighted by Crippen LogP contribution is -2.36. The minimum Gasteiger partial charge on any atom is -0.434 e. The molecule has 0 aromatic heterocycles. The molecule has 0 amide bonds. The third-order valence-corrected chi connectivity index (χ3v) is 2.50. The van der Waals surface area contributed by atoms with E-state index in [0.717, 1.165) is 0 Å². The van der Waals surface area contributed by atoms with Gasteiger partial charge in [-0.3, -0.25) is 0 Å². The van der Waals surface area contributed by atoms with Gasteiger partial charge in [0.25, 0.3) is 0 Å². The number of esters is 2. The van der Waals surface area contributed by atoms with Crippen LogP contribution in [0.1, 0.15) is 26.7 Å². The summed E-state index contributed by atoms with van der Waals surface area (Å²) < 4.78 is 20.4. The van der Waals surface area contributed by atoms with Crippen LogP contribution in [0.3, 0.4) is 0 Å². The van der Waals surface area contributed by atoms with E-state index in [1.165, 1.54) is 0 Å². The van der Waals surface area contributed by atoms with Crippen LogP contribution in [-0.2, 0) is 28.5 Å². The average molecular weight is 230 g/mol. The Kier molecular flexibility index (Phi) is 3.11. The van der Waals surface area contributed by atoms with Gasteiger partial charge in [-0.05, 0) is 0 Å². The first-order valence-electron chi connectivity index (χ1n) is 5.37. The summed E-state index contributed by atoms with van der Waals surface area (Å²) in [5.41, 5.74) is 0. The zero-order valence-electron chi connectivity index (χ0n) is 9.17. The Balaban J connectivity index is 2.03. The zero-order valence-corrected chi connectivity index (χ0v) is 9.17. The smallest absolute Gasteiger partial charge is 0.341 e. The first kappa shape index (κ1) is 11.3. The average Bonchev–Trinajstić information content (AvgIpc) is 2.81. The molecule has 0 radical (unpaired) electrons. The molecule has 6 nitrogen and oxygen atoms in total. The summed E-state index contributed by atoms with van der Waals surface area (Å²) in [6, 6.07) is 0. The maximum Gasteiger partial charge on any atom is 0.341 e. The Hall–Kier alpha value is -1.14. The zero-order chi connectivity index (χ0) is 11.7. The molecule has 0 aromatic rings. The number of carbonyl (C=O) groups is 2. The van der Waals surface area contributed by atoms with E-state index in [2.05, 4.69) is 0 Å². The largest absolute Gasteiger partial charge is 0.434 e. The maximum atomic E-state index is 11.4. The van der Waals surface area contributed by atoms with Gasteiger partial charge in [0.1, 0.15) is 0 Å². The molecular formula is C10H14O6. The fourth-order valence-electron chi connectivity index (χ4n) is 1.64. The topological polar surface area (TPSA) is 71.1 Å². The van der Waals surface area contributed by atoms with Crippen LogP contribution >= 0.6 is 0 Å². The highest BCUT2D eigenvalue weighted by Crippen LogP contribution is 2.26. The van der Waals surface area contributed by atoms with Gasteiger partial charge in [-0.2, -0.15) is 0 Å². The highest BCUT2D eigenvalue weighted by Gasteiger charge is 2.49. The Morgan fingerprint density at radius 3 is 1.50 bits per heavy atom. The molecule has 0 bridgehead atoms. The van der Waals surface area contributed by atoms with Crippen molar-refractivity contribution in [1.82, 2.24) is 0 Å². The summed E-state index contributed by atoms with van der Waals surface area (Å²) in [6.45, 7) is 3.64. The van der Waals surface area contributed by atoms with Crippen molar-refractivity contribution in [2.45, 2.75) is 51.5 Å². The van der Waals surface area contributed by atoms with Gasteiger partial charge in [-0.1, -0.05) is 13.8 Å². The first-order valence-corrected chi connectivity index (χ1v) is 5.37. The molecule has 0 aromatic carbocycles. The van der Waals surface area contributed by atoms with Crippen LogP contribution < -0.4 is 0 Å². The van der Waals surface area contributed by atoms with Gasteiger partial charge in [-0.25, -0.2) is 9.59 Å². The van der Waals surface area contributed by atoms with Crippen molar-refractivity contribution in [2.75, 3.05) is 0 Å². The molecule has 90 valence electrons. The van der Waals surface area contributed by atoms with Gasteiger partial charge < -0.3 is 18.9 Å². The molecule has 2 aliphatic heterocycles. The molecule has 0 unspecified atom stereocenters. The normalized spacial score (nSPS) is 38.6. The molecule has 2 fully saturated rings. The van der Waals surface area contributed by atoms with Gasteiger partial charge >= 0.3 is 11.9 Å². The van der Waals surface area contributed by atoms with Gasteiger partial charge in [0.05, 0.1) is 0 Å². The van der Waals surface area contributed by atoms with Gasteiger partial charge in [0, 0.05) is 12.8 Å². The van der Waals surface area contributed by atoms with Crippen molar-refractivity contribution in [1.29, 1.82) is 0 Å². The van der Waals surface area contributed by atoms with E-state index in [-0.39, 0.29) is 0 Å². The number of ether oxygens (including phenoxy) is 4. The standard InChI is InChI=1S/C10H14O6/c1-3-5-13-7(9(11)15-5)8-10(12)16-6(4-2)14-8/h5-8H,3-4H2,1-2H3/t5-,6-,7-,8-/m1/s1. The maximum absolute atomic E-state index is 11.4. The Labute approximate surface area is 92.8 Å². The molecule has 2 saturated heterocycles. The molecule has 0 aliphatic carbocycles. The van der Waals surface area contributed by atoms with Crippen LogP contribution in [0.5, 0.6) is 0 Å². The summed E-state index contributed by atoms with van der Waals surface area (Å²) in [6.07, 6.45) is -2.07. The molecule has 2 rings (SSSR count). The highest BCUT2D eigenvalue weighted by atomic mass is 16.8. The van der Waals surface area contributed by atoms with Crippen molar-refractivity contribution < 1.29 is 28.5 Å². The van der Waals surface area contributed by atoms with Gasteiger partial charge in [0.15, 0.2) is 12.2 Å². The molecule has 16 heavy (non-hydrogen) atoms. The molecule has 0 spiro atoms. The second kappa shape index (κ2) is 4.39. The van der Waals surface area contributed by atoms with E-state index < -0.39 is 36.7 Å². The van der Waals surface area contributed by atoms with Crippen LogP contribution in [-0.4, -0.2) is 36.7 Å². The fraction of sp³-hybridized carbons (Fsp3) is 0.800. The fourth-order valence-corrected chi connectivity index (χ4v) is 1.64. The second-order valence-electron chi connectivity index (χ2n) is 3.66. The van der Waals surface area contributed by atoms with Crippen molar-refractivity contribution >= 4 is 11.9 Å². The van der Waals surface area contributed by atoms with Crippen LogP contribution in [0, 0.1) is 0 Å². The summed E-state index contributed by atoms with van der Waals surface area (Å²) >= 11 is 0. The lowest BCUT2D eigenvalue weighted by Gasteiger charge is -2.11. The third-order valence-electron chi connectivity index (χ3n) is 2.50. The van der Waals surface area contributed by atoms with Gasteiger partial charge in [0.2, 0.25) is 12.6 Å². The van der Waals surface area contributed by atoms with Gasteiger partial charge in [-0.15, -0.1) is 0 Å². The molecule has 4 atom stereocenters. The van der Waals surface area contributed by atoms with E-state index in [0.29, 0.717) is 12.8 Å². The number of carbonyl (C=O) groups excluding carboxylic acids is 2. The van der Waals surface area contributed by atoms with E-state index in [1.807, 2.05) is 13.8 Å². The van der Waals surface area contributed by atoms with E-state index in [9.17, 15) is 9.59 Å². The van der Waals surface area contributed by atoms with Crippen molar-refractivity contribution in [3.8, 4) is 0 Å². The number of hydrogen-bond donors (Lipinski definition) is 0. The number of cyclic esters (lactones) is 2. The van der Waals surface area contributed by atoms with Crippen LogP contribution in [0.2, 0.25) is 0 Å². The molecule has 6 heteroatoms. The summed E-state index contributed by atoms with van der Waals surface area (Å²) in [4.78, 5) is 22.9. The quantitative estimate of drug-likeness (QED) is 0.651. The van der Waals surface area contributed by atoms with Crippen molar-refractivity contribution in [2.24, 2.45) is 0 Å². The molecule has 2 aliphatic rings. The predicted octanol–water partition coefficient (Wildman–Crippen LogP) is 0.343. The Morgan fingerprint density at radius 2 is 1.25 bits per heavy atom. The number of rotatable bonds is 3. The SMILES string of the molecule is CC[C@H]1OC(=O)[C@@H]([C@H]2O[C@@H](CC)OC2=O)O1. The van der Waals surface area contributed by atoms with E-state index >= 15 is 0 Å². The summed E-state index contributed by atoms with van der Waals surface area (Å²) in [7, 11) is 0.